The van der Waals surface area contributed by atoms with Crippen LogP contribution in [-0.2, 0) is 0 Å². The van der Waals surface area contributed by atoms with Crippen LogP contribution in [0, 0.1) is 6.92 Å². The number of aryl methyl sites for hydroxylation is 1. The van der Waals surface area contributed by atoms with E-state index < -0.39 is 0 Å². The zero-order valence-corrected chi connectivity index (χ0v) is 11.4. The fraction of sp³-hybridized carbons (Fsp3) is 0.692. The summed E-state index contributed by atoms with van der Waals surface area (Å²) in [5.41, 5.74) is 0.855. The molecule has 1 aliphatic heterocycles. The molecule has 2 heterocycles. The monoisotopic (exact) mass is 266 g/mol. The summed E-state index contributed by atoms with van der Waals surface area (Å²) in [6.45, 7) is 2.85. The molecule has 1 saturated heterocycles. The lowest BCUT2D eigenvalue weighted by Gasteiger charge is -2.35. The summed E-state index contributed by atoms with van der Waals surface area (Å²) in [6, 6.07) is 0. The van der Waals surface area contributed by atoms with Gasteiger partial charge in [0.1, 0.15) is 4.88 Å². The van der Waals surface area contributed by atoms with Gasteiger partial charge in [-0.1, -0.05) is 12.8 Å². The number of β-amino-alcohol motifs (C(OH)–C–C–N with tert-alkyl or cyclic N) is 1. The molecule has 1 amide bonds. The van der Waals surface area contributed by atoms with Gasteiger partial charge in [-0.2, -0.15) is 0 Å². The highest BCUT2D eigenvalue weighted by Gasteiger charge is 2.32. The fourth-order valence-corrected chi connectivity index (χ4v) is 3.93. The van der Waals surface area contributed by atoms with E-state index in [0.29, 0.717) is 19.0 Å². The second kappa shape index (κ2) is 4.63. The maximum Gasteiger partial charge on any atom is 0.266 e. The first-order chi connectivity index (χ1) is 8.65. The number of hydrogen-bond donors (Lipinski definition) is 1. The van der Waals surface area contributed by atoms with Gasteiger partial charge < -0.3 is 10.0 Å². The van der Waals surface area contributed by atoms with Crippen LogP contribution in [0.1, 0.15) is 52.0 Å². The van der Waals surface area contributed by atoms with Crippen molar-refractivity contribution in [2.75, 3.05) is 13.1 Å². The summed E-state index contributed by atoms with van der Waals surface area (Å²) in [7, 11) is 0. The van der Waals surface area contributed by atoms with E-state index in [1.807, 2.05) is 6.92 Å². The van der Waals surface area contributed by atoms with Gasteiger partial charge in [-0.25, -0.2) is 4.98 Å². The Morgan fingerprint density at radius 1 is 1.39 bits per heavy atom. The van der Waals surface area contributed by atoms with Gasteiger partial charge in [0.15, 0.2) is 0 Å². The second-order valence-corrected chi connectivity index (χ2v) is 6.34. The molecule has 1 saturated carbocycles. The van der Waals surface area contributed by atoms with Crippen LogP contribution in [0.2, 0.25) is 0 Å². The van der Waals surface area contributed by atoms with Crippen molar-refractivity contribution in [2.45, 2.75) is 44.6 Å². The molecular weight excluding hydrogens is 248 g/mol. The normalized spacial score (nSPS) is 21.3. The number of likely N-dealkylation sites (tertiary alicyclic amines) is 1. The number of amides is 1. The molecule has 0 atom stereocenters. The predicted octanol–water partition coefficient (Wildman–Crippen LogP) is 1.93. The van der Waals surface area contributed by atoms with Crippen molar-refractivity contribution in [3.8, 4) is 0 Å². The van der Waals surface area contributed by atoms with Crippen molar-refractivity contribution >= 4 is 17.2 Å². The Bertz CT molecular complexity index is 460. The van der Waals surface area contributed by atoms with Crippen LogP contribution in [0.3, 0.4) is 0 Å². The zero-order chi connectivity index (χ0) is 12.7. The van der Waals surface area contributed by atoms with Crippen molar-refractivity contribution < 1.29 is 9.90 Å². The molecule has 0 radical (unpaired) electrons. The average Bonchev–Trinajstić information content (AvgIpc) is 2.92. The van der Waals surface area contributed by atoms with Crippen LogP contribution in [0.15, 0.2) is 0 Å². The van der Waals surface area contributed by atoms with E-state index in [9.17, 15) is 9.90 Å². The molecule has 5 heteroatoms. The standard InChI is InChI=1S/C13H18N2O2S/c1-8-11(13(17)15-6-10(16)7-15)18-12(14-8)9-4-2-3-5-9/h9-10,16H,2-7H2,1H3. The summed E-state index contributed by atoms with van der Waals surface area (Å²) >= 11 is 1.56. The number of aromatic nitrogens is 1. The Labute approximate surface area is 111 Å². The van der Waals surface area contributed by atoms with E-state index in [4.69, 9.17) is 0 Å². The first-order valence-electron chi connectivity index (χ1n) is 6.60. The van der Waals surface area contributed by atoms with Gasteiger partial charge in [-0.05, 0) is 19.8 Å². The van der Waals surface area contributed by atoms with Gasteiger partial charge in [0.25, 0.3) is 5.91 Å². The lowest BCUT2D eigenvalue weighted by molar-refractivity contribution is 0.00616. The number of carbonyl (C=O) groups excluding carboxylic acids is 1. The van der Waals surface area contributed by atoms with E-state index >= 15 is 0 Å². The lowest BCUT2D eigenvalue weighted by atomic mass is 10.1. The van der Waals surface area contributed by atoms with Gasteiger partial charge in [-0.15, -0.1) is 11.3 Å². The first-order valence-corrected chi connectivity index (χ1v) is 7.41. The smallest absolute Gasteiger partial charge is 0.266 e. The summed E-state index contributed by atoms with van der Waals surface area (Å²) < 4.78 is 0. The Morgan fingerprint density at radius 3 is 2.67 bits per heavy atom. The molecule has 4 nitrogen and oxygen atoms in total. The summed E-state index contributed by atoms with van der Waals surface area (Å²) in [5, 5.41) is 10.4. The van der Waals surface area contributed by atoms with Crippen molar-refractivity contribution in [3.63, 3.8) is 0 Å². The number of thiazole rings is 1. The van der Waals surface area contributed by atoms with Crippen LogP contribution in [0.25, 0.3) is 0 Å². The molecule has 0 unspecified atom stereocenters. The zero-order valence-electron chi connectivity index (χ0n) is 10.6. The number of aliphatic hydroxyl groups is 1. The van der Waals surface area contributed by atoms with Crippen LogP contribution in [-0.4, -0.2) is 40.1 Å². The number of aliphatic hydroxyl groups excluding tert-OH is 1. The van der Waals surface area contributed by atoms with Gasteiger partial charge in [0.05, 0.1) is 16.8 Å². The lowest BCUT2D eigenvalue weighted by Crippen LogP contribution is -2.53. The van der Waals surface area contributed by atoms with Crippen LogP contribution in [0.4, 0.5) is 0 Å². The quantitative estimate of drug-likeness (QED) is 0.890. The molecular formula is C13H18N2O2S. The van der Waals surface area contributed by atoms with E-state index in [0.717, 1.165) is 15.6 Å². The number of hydrogen-bond acceptors (Lipinski definition) is 4. The van der Waals surface area contributed by atoms with Gasteiger partial charge in [0, 0.05) is 19.0 Å². The van der Waals surface area contributed by atoms with Crippen molar-refractivity contribution in [2.24, 2.45) is 0 Å². The highest BCUT2D eigenvalue weighted by atomic mass is 32.1. The molecule has 1 aliphatic carbocycles. The molecule has 1 aromatic rings. The second-order valence-electron chi connectivity index (χ2n) is 5.31. The molecule has 0 spiro atoms. The van der Waals surface area contributed by atoms with E-state index in [-0.39, 0.29) is 12.0 Å². The van der Waals surface area contributed by atoms with Gasteiger partial charge in [-0.3, -0.25) is 4.79 Å². The molecule has 18 heavy (non-hydrogen) atoms. The third kappa shape index (κ3) is 2.06. The van der Waals surface area contributed by atoms with Crippen molar-refractivity contribution in [1.29, 1.82) is 0 Å². The molecule has 0 aromatic carbocycles. The minimum absolute atomic E-state index is 0.0412. The fourth-order valence-electron chi connectivity index (χ4n) is 2.73. The third-order valence-electron chi connectivity index (χ3n) is 3.86. The summed E-state index contributed by atoms with van der Waals surface area (Å²) in [6.07, 6.45) is 4.65. The molecule has 1 N–H and O–H groups in total. The predicted molar refractivity (Wildman–Crippen MR) is 70.0 cm³/mol. The van der Waals surface area contributed by atoms with Gasteiger partial charge in [0.2, 0.25) is 0 Å². The molecule has 98 valence electrons. The molecule has 0 bridgehead atoms. The van der Waals surface area contributed by atoms with Crippen molar-refractivity contribution in [3.05, 3.63) is 15.6 Å². The topological polar surface area (TPSA) is 53.4 Å². The largest absolute Gasteiger partial charge is 0.389 e. The molecule has 1 aromatic heterocycles. The Balaban J connectivity index is 1.77. The minimum atomic E-state index is -0.337. The summed E-state index contributed by atoms with van der Waals surface area (Å²) in [4.78, 5) is 19.3. The number of nitrogens with zero attached hydrogens (tertiary/aromatic N) is 2. The van der Waals surface area contributed by atoms with Gasteiger partial charge >= 0.3 is 0 Å². The Hall–Kier alpha value is -0.940. The molecule has 2 fully saturated rings. The Morgan fingerprint density at radius 2 is 2.06 bits per heavy atom. The Kier molecular flexibility index (Phi) is 3.11. The van der Waals surface area contributed by atoms with Crippen LogP contribution in [0.5, 0.6) is 0 Å². The minimum Gasteiger partial charge on any atom is -0.389 e. The van der Waals surface area contributed by atoms with E-state index in [2.05, 4.69) is 4.98 Å². The summed E-state index contributed by atoms with van der Waals surface area (Å²) in [5.74, 6) is 0.608. The SMILES string of the molecule is Cc1nc(C2CCCC2)sc1C(=O)N1CC(O)C1. The number of carbonyl (C=O) groups is 1. The number of rotatable bonds is 2. The third-order valence-corrected chi connectivity index (χ3v) is 5.17. The average molecular weight is 266 g/mol. The van der Waals surface area contributed by atoms with E-state index in [1.54, 1.807) is 16.2 Å². The molecule has 3 rings (SSSR count). The maximum absolute atomic E-state index is 12.2. The molecule has 2 aliphatic rings. The van der Waals surface area contributed by atoms with E-state index in [1.165, 1.54) is 25.7 Å². The maximum atomic E-state index is 12.2. The van der Waals surface area contributed by atoms with Crippen LogP contribution >= 0.6 is 11.3 Å². The van der Waals surface area contributed by atoms with Crippen LogP contribution < -0.4 is 0 Å². The highest BCUT2D eigenvalue weighted by molar-refractivity contribution is 7.13. The highest BCUT2D eigenvalue weighted by Crippen LogP contribution is 2.37. The first kappa shape index (κ1) is 12.1. The van der Waals surface area contributed by atoms with Crippen molar-refractivity contribution in [1.82, 2.24) is 9.88 Å².